The smallest absolute Gasteiger partial charge is 0.290 e. The number of aromatic nitrogens is 2. The molecular formula is C20H20N4O5. The third kappa shape index (κ3) is 3.88. The number of hydrazine groups is 1. The molecule has 29 heavy (non-hydrogen) atoms. The minimum Gasteiger partial charge on any atom is -0.493 e. The molecule has 0 atom stereocenters. The Morgan fingerprint density at radius 2 is 1.62 bits per heavy atom. The number of benzene rings is 2. The van der Waals surface area contributed by atoms with Crippen LogP contribution in [0.3, 0.4) is 0 Å². The van der Waals surface area contributed by atoms with Crippen LogP contribution in [0.4, 0.5) is 0 Å². The summed E-state index contributed by atoms with van der Waals surface area (Å²) in [5.41, 5.74) is 4.69. The summed E-state index contributed by atoms with van der Waals surface area (Å²) in [5.74, 6) is -0.329. The standard InChI is InChI=1S/C20H20N4O5/c1-4-24-20(27)14-8-6-5-7-13(14)17(23-24)19(26)22-21-18(25)12-9-10-15(28-2)16(11-12)29-3/h5-11H,4H2,1-3H3,(H,21,25)(H,22,26). The molecule has 2 amide bonds. The van der Waals surface area contributed by atoms with Gasteiger partial charge >= 0.3 is 0 Å². The first-order chi connectivity index (χ1) is 14.0. The van der Waals surface area contributed by atoms with Crippen molar-refractivity contribution in [3.63, 3.8) is 0 Å². The summed E-state index contributed by atoms with van der Waals surface area (Å²) < 4.78 is 11.5. The van der Waals surface area contributed by atoms with Crippen LogP contribution in [0.25, 0.3) is 10.8 Å². The molecule has 9 nitrogen and oxygen atoms in total. The molecule has 150 valence electrons. The quantitative estimate of drug-likeness (QED) is 0.633. The van der Waals surface area contributed by atoms with E-state index >= 15 is 0 Å². The van der Waals surface area contributed by atoms with Gasteiger partial charge in [-0.15, -0.1) is 0 Å². The van der Waals surface area contributed by atoms with Crippen molar-refractivity contribution in [2.75, 3.05) is 14.2 Å². The number of aryl methyl sites for hydroxylation is 1. The average molecular weight is 396 g/mol. The van der Waals surface area contributed by atoms with Crippen molar-refractivity contribution >= 4 is 22.6 Å². The number of carbonyl (C=O) groups excluding carboxylic acids is 2. The number of hydrogen-bond acceptors (Lipinski definition) is 6. The van der Waals surface area contributed by atoms with Crippen LogP contribution in [0.5, 0.6) is 11.5 Å². The number of nitrogens with zero attached hydrogens (tertiary/aromatic N) is 2. The summed E-state index contributed by atoms with van der Waals surface area (Å²) in [6.07, 6.45) is 0. The Hall–Kier alpha value is -3.88. The molecule has 1 aromatic heterocycles. The van der Waals surface area contributed by atoms with E-state index in [1.165, 1.54) is 31.0 Å². The van der Waals surface area contributed by atoms with Gasteiger partial charge in [0.15, 0.2) is 17.2 Å². The molecule has 2 aromatic carbocycles. The van der Waals surface area contributed by atoms with Gasteiger partial charge in [0.2, 0.25) is 0 Å². The number of nitrogens with one attached hydrogen (secondary N) is 2. The fourth-order valence-corrected chi connectivity index (χ4v) is 2.84. The van der Waals surface area contributed by atoms with Crippen LogP contribution in [0.1, 0.15) is 27.8 Å². The summed E-state index contributed by atoms with van der Waals surface area (Å²) >= 11 is 0. The highest BCUT2D eigenvalue weighted by molar-refractivity contribution is 6.06. The second kappa shape index (κ2) is 8.42. The van der Waals surface area contributed by atoms with E-state index in [0.29, 0.717) is 28.8 Å². The van der Waals surface area contributed by atoms with Crippen LogP contribution in [0.15, 0.2) is 47.3 Å². The van der Waals surface area contributed by atoms with Crippen molar-refractivity contribution in [1.82, 2.24) is 20.6 Å². The van der Waals surface area contributed by atoms with Crippen molar-refractivity contribution in [2.24, 2.45) is 0 Å². The first-order valence-electron chi connectivity index (χ1n) is 8.82. The number of ether oxygens (including phenoxy) is 2. The number of hydrogen-bond donors (Lipinski definition) is 2. The zero-order valence-corrected chi connectivity index (χ0v) is 16.2. The lowest BCUT2D eigenvalue weighted by Gasteiger charge is -2.12. The van der Waals surface area contributed by atoms with Crippen LogP contribution in [0.2, 0.25) is 0 Å². The molecule has 0 aliphatic rings. The first kappa shape index (κ1) is 19.9. The Labute approximate surface area is 166 Å². The van der Waals surface area contributed by atoms with Gasteiger partial charge in [-0.1, -0.05) is 18.2 Å². The van der Waals surface area contributed by atoms with Crippen LogP contribution in [-0.4, -0.2) is 35.8 Å². The zero-order valence-electron chi connectivity index (χ0n) is 16.2. The lowest BCUT2D eigenvalue weighted by atomic mass is 10.1. The van der Waals surface area contributed by atoms with Gasteiger partial charge < -0.3 is 9.47 Å². The van der Waals surface area contributed by atoms with Gasteiger partial charge in [0.1, 0.15) is 0 Å². The third-order valence-electron chi connectivity index (χ3n) is 4.32. The van der Waals surface area contributed by atoms with Crippen LogP contribution < -0.4 is 25.9 Å². The van der Waals surface area contributed by atoms with E-state index in [2.05, 4.69) is 16.0 Å². The molecule has 0 saturated carbocycles. The number of methoxy groups -OCH3 is 2. The number of carbonyl (C=O) groups is 2. The van der Waals surface area contributed by atoms with Gasteiger partial charge in [0.05, 0.1) is 19.6 Å². The highest BCUT2D eigenvalue weighted by Crippen LogP contribution is 2.27. The van der Waals surface area contributed by atoms with E-state index in [1.54, 1.807) is 37.3 Å². The Bertz CT molecular complexity index is 1140. The first-order valence-corrected chi connectivity index (χ1v) is 8.82. The highest BCUT2D eigenvalue weighted by Gasteiger charge is 2.17. The van der Waals surface area contributed by atoms with E-state index in [9.17, 15) is 14.4 Å². The van der Waals surface area contributed by atoms with Gasteiger partial charge in [0, 0.05) is 17.5 Å². The lowest BCUT2D eigenvalue weighted by molar-refractivity contribution is 0.0843. The van der Waals surface area contributed by atoms with Gasteiger partial charge in [0.25, 0.3) is 17.4 Å². The van der Waals surface area contributed by atoms with Gasteiger partial charge in [-0.3, -0.25) is 25.2 Å². The molecule has 0 aliphatic heterocycles. The molecule has 9 heteroatoms. The largest absolute Gasteiger partial charge is 0.493 e. The Morgan fingerprint density at radius 3 is 2.28 bits per heavy atom. The Balaban J connectivity index is 1.84. The summed E-state index contributed by atoms with van der Waals surface area (Å²) in [7, 11) is 2.95. The monoisotopic (exact) mass is 396 g/mol. The number of amides is 2. The summed E-state index contributed by atoms with van der Waals surface area (Å²) in [6.45, 7) is 2.06. The molecular weight excluding hydrogens is 376 g/mol. The van der Waals surface area contributed by atoms with E-state index in [0.717, 1.165) is 0 Å². The van der Waals surface area contributed by atoms with Crippen LogP contribution in [0, 0.1) is 0 Å². The molecule has 0 spiro atoms. The van der Waals surface area contributed by atoms with Gasteiger partial charge in [-0.25, -0.2) is 4.68 Å². The topological polar surface area (TPSA) is 112 Å². The van der Waals surface area contributed by atoms with E-state index in [-0.39, 0.29) is 16.8 Å². The molecule has 3 aromatic rings. The van der Waals surface area contributed by atoms with Gasteiger partial charge in [-0.05, 0) is 31.2 Å². The molecule has 0 bridgehead atoms. The number of fused-ring (bicyclic) bond motifs is 1. The minimum atomic E-state index is -0.641. The number of rotatable bonds is 5. The maximum Gasteiger partial charge on any atom is 0.290 e. The molecule has 0 fully saturated rings. The molecule has 2 N–H and O–H groups in total. The average Bonchev–Trinajstić information content (AvgIpc) is 2.77. The predicted molar refractivity (Wildman–Crippen MR) is 106 cm³/mol. The SMILES string of the molecule is CCn1nc(C(=O)NNC(=O)c2ccc(OC)c(OC)c2)c2ccccc2c1=O. The van der Waals surface area contributed by atoms with E-state index < -0.39 is 11.8 Å². The second-order valence-electron chi connectivity index (χ2n) is 5.99. The van der Waals surface area contributed by atoms with Crippen molar-refractivity contribution in [2.45, 2.75) is 13.5 Å². The summed E-state index contributed by atoms with van der Waals surface area (Å²) in [5, 5.41) is 4.90. The predicted octanol–water partition coefficient (Wildman–Crippen LogP) is 1.51. The Kier molecular flexibility index (Phi) is 5.77. The highest BCUT2D eigenvalue weighted by atomic mass is 16.5. The second-order valence-corrected chi connectivity index (χ2v) is 5.99. The van der Waals surface area contributed by atoms with Crippen molar-refractivity contribution in [3.8, 4) is 11.5 Å². The normalized spacial score (nSPS) is 10.4. The van der Waals surface area contributed by atoms with Gasteiger partial charge in [-0.2, -0.15) is 5.10 Å². The van der Waals surface area contributed by atoms with Crippen molar-refractivity contribution in [1.29, 1.82) is 0 Å². The Morgan fingerprint density at radius 1 is 0.966 bits per heavy atom. The van der Waals surface area contributed by atoms with Crippen molar-refractivity contribution < 1.29 is 19.1 Å². The molecule has 1 heterocycles. The summed E-state index contributed by atoms with van der Waals surface area (Å²) in [6, 6.07) is 11.3. The fourth-order valence-electron chi connectivity index (χ4n) is 2.84. The van der Waals surface area contributed by atoms with E-state index in [4.69, 9.17) is 9.47 Å². The lowest BCUT2D eigenvalue weighted by Crippen LogP contribution is -2.42. The molecule has 0 saturated heterocycles. The maximum absolute atomic E-state index is 12.6. The maximum atomic E-state index is 12.6. The molecule has 3 rings (SSSR count). The van der Waals surface area contributed by atoms with Crippen LogP contribution >= 0.6 is 0 Å². The third-order valence-corrected chi connectivity index (χ3v) is 4.32. The van der Waals surface area contributed by atoms with Crippen molar-refractivity contribution in [3.05, 3.63) is 64.1 Å². The van der Waals surface area contributed by atoms with E-state index in [1.807, 2.05) is 0 Å². The molecule has 0 radical (unpaired) electrons. The zero-order chi connectivity index (χ0) is 21.0. The fraction of sp³-hybridized carbons (Fsp3) is 0.200. The summed E-state index contributed by atoms with van der Waals surface area (Å²) in [4.78, 5) is 37.4. The molecule has 0 unspecified atom stereocenters. The minimum absolute atomic E-state index is 0.0367. The molecule has 0 aliphatic carbocycles. The van der Waals surface area contributed by atoms with Crippen LogP contribution in [-0.2, 0) is 6.54 Å².